The van der Waals surface area contributed by atoms with Crippen molar-refractivity contribution in [1.29, 1.82) is 0 Å². The molecule has 3 aliphatic rings. The summed E-state index contributed by atoms with van der Waals surface area (Å²) < 4.78 is 0. The Kier molecular flexibility index (Phi) is 6.28. The van der Waals surface area contributed by atoms with Gasteiger partial charge in [0.15, 0.2) is 0 Å². The van der Waals surface area contributed by atoms with Crippen LogP contribution in [-0.4, -0.2) is 71.6 Å². The first-order chi connectivity index (χ1) is 15.7. The molecule has 0 saturated carbocycles. The number of piperazine rings is 1. The molecule has 0 radical (unpaired) electrons. The number of aliphatic imine (C=N–C) groups is 1. The number of carbonyl (C=O) groups excluding carboxylic acids is 2. The monoisotopic (exact) mass is 448 g/mol. The van der Waals surface area contributed by atoms with Crippen molar-refractivity contribution in [2.75, 3.05) is 39.3 Å². The zero-order chi connectivity index (χ0) is 21.9. The molecule has 7 heteroatoms. The second-order valence-corrected chi connectivity index (χ2v) is 9.56. The summed E-state index contributed by atoms with van der Waals surface area (Å²) in [5.74, 6) is 1.05. The quantitative estimate of drug-likeness (QED) is 0.667. The van der Waals surface area contributed by atoms with Crippen molar-refractivity contribution < 1.29 is 9.59 Å². The molecule has 32 heavy (non-hydrogen) atoms. The zero-order valence-electron chi connectivity index (χ0n) is 18.2. The van der Waals surface area contributed by atoms with Gasteiger partial charge in [-0.25, -0.2) is 4.99 Å². The number of hydrogen-bond donors (Lipinski definition) is 0. The van der Waals surface area contributed by atoms with Gasteiger partial charge in [0.05, 0.1) is 5.69 Å². The molecule has 2 aromatic rings. The van der Waals surface area contributed by atoms with Crippen LogP contribution in [0.15, 0.2) is 63.3 Å². The number of imide groups is 1. The number of carbonyl (C=O) groups is 2. The maximum atomic E-state index is 12.0. The molecule has 0 unspecified atom stereocenters. The van der Waals surface area contributed by atoms with Crippen molar-refractivity contribution in [3.05, 3.63) is 54.1 Å². The zero-order valence-corrected chi connectivity index (χ0v) is 19.0. The first-order valence-corrected chi connectivity index (χ1v) is 12.3. The van der Waals surface area contributed by atoms with Gasteiger partial charge in [-0.2, -0.15) is 0 Å². The van der Waals surface area contributed by atoms with E-state index in [1.807, 2.05) is 6.07 Å². The van der Waals surface area contributed by atoms with Crippen LogP contribution in [0.2, 0.25) is 0 Å². The highest BCUT2D eigenvalue weighted by atomic mass is 32.2. The van der Waals surface area contributed by atoms with E-state index in [-0.39, 0.29) is 11.8 Å². The minimum Gasteiger partial charge on any atom is -0.354 e. The molecule has 2 amide bonds. The molecule has 3 aliphatic heterocycles. The van der Waals surface area contributed by atoms with E-state index in [4.69, 9.17) is 4.99 Å². The minimum atomic E-state index is -0.00531. The molecule has 2 saturated heterocycles. The van der Waals surface area contributed by atoms with Gasteiger partial charge in [0.2, 0.25) is 11.8 Å². The Morgan fingerprint density at radius 2 is 1.50 bits per heavy atom. The Labute approximate surface area is 193 Å². The van der Waals surface area contributed by atoms with Crippen LogP contribution >= 0.6 is 11.8 Å². The third kappa shape index (κ3) is 4.45. The number of benzene rings is 2. The summed E-state index contributed by atoms with van der Waals surface area (Å²) in [4.78, 5) is 37.8. The molecule has 0 N–H and O–H groups in total. The molecule has 0 bridgehead atoms. The SMILES string of the molecule is O=C1CCCC(=O)N1CCCN1CCN(C2=Nc3ccccc3Sc3ccccc32)CC1. The van der Waals surface area contributed by atoms with E-state index in [1.165, 1.54) is 20.3 Å². The molecule has 3 heterocycles. The maximum absolute atomic E-state index is 12.0. The molecule has 5 rings (SSSR count). The molecular weight excluding hydrogens is 420 g/mol. The number of para-hydroxylation sites is 1. The lowest BCUT2D eigenvalue weighted by atomic mass is 10.1. The third-order valence-corrected chi connectivity index (χ3v) is 7.49. The Morgan fingerprint density at radius 3 is 2.28 bits per heavy atom. The second kappa shape index (κ2) is 9.46. The van der Waals surface area contributed by atoms with E-state index in [0.29, 0.717) is 25.8 Å². The molecule has 0 aliphatic carbocycles. The standard InChI is InChI=1S/C25H28N4O2S/c30-23-11-5-12-24(31)29(23)14-6-13-27-15-17-28(18-16-27)25-19-7-1-3-9-21(19)32-22-10-4-2-8-20(22)26-25/h1-4,7-10H,5-6,11-18H2. The molecule has 0 atom stereocenters. The Balaban J connectivity index is 1.23. The average Bonchev–Trinajstić information content (AvgIpc) is 2.98. The molecule has 2 aromatic carbocycles. The van der Waals surface area contributed by atoms with Crippen LogP contribution < -0.4 is 0 Å². The maximum Gasteiger partial charge on any atom is 0.229 e. The van der Waals surface area contributed by atoms with E-state index in [9.17, 15) is 9.59 Å². The second-order valence-electron chi connectivity index (χ2n) is 8.48. The van der Waals surface area contributed by atoms with Crippen LogP contribution in [0.25, 0.3) is 0 Å². The van der Waals surface area contributed by atoms with Crippen molar-refractivity contribution >= 4 is 35.1 Å². The molecule has 166 valence electrons. The van der Waals surface area contributed by atoms with Crippen molar-refractivity contribution in [2.24, 2.45) is 4.99 Å². The summed E-state index contributed by atoms with van der Waals surface area (Å²) in [6.45, 7) is 5.21. The largest absolute Gasteiger partial charge is 0.354 e. The minimum absolute atomic E-state index is 0.00531. The third-order valence-electron chi connectivity index (χ3n) is 6.35. The summed E-state index contributed by atoms with van der Waals surface area (Å²) in [6.07, 6.45) is 2.56. The number of amidine groups is 1. The van der Waals surface area contributed by atoms with Gasteiger partial charge in [-0.1, -0.05) is 42.1 Å². The molecule has 2 fully saturated rings. The first kappa shape index (κ1) is 21.2. The van der Waals surface area contributed by atoms with E-state index in [2.05, 4.69) is 52.3 Å². The summed E-state index contributed by atoms with van der Waals surface area (Å²) in [5.41, 5.74) is 2.23. The smallest absolute Gasteiger partial charge is 0.229 e. The van der Waals surface area contributed by atoms with Gasteiger partial charge in [-0.05, 0) is 37.6 Å². The fourth-order valence-corrected chi connectivity index (χ4v) is 5.61. The number of nitrogens with zero attached hydrogens (tertiary/aromatic N) is 4. The van der Waals surface area contributed by atoms with Crippen molar-refractivity contribution in [1.82, 2.24) is 14.7 Å². The van der Waals surface area contributed by atoms with Gasteiger partial charge >= 0.3 is 0 Å². The number of likely N-dealkylation sites (tertiary alicyclic amines) is 1. The van der Waals surface area contributed by atoms with Crippen LogP contribution in [0.1, 0.15) is 31.2 Å². The van der Waals surface area contributed by atoms with E-state index >= 15 is 0 Å². The summed E-state index contributed by atoms with van der Waals surface area (Å²) in [6, 6.07) is 16.9. The molecule has 0 aromatic heterocycles. The van der Waals surface area contributed by atoms with Gasteiger partial charge < -0.3 is 4.90 Å². The summed E-state index contributed by atoms with van der Waals surface area (Å²) >= 11 is 1.79. The van der Waals surface area contributed by atoms with Gasteiger partial charge in [-0.15, -0.1) is 0 Å². The summed E-state index contributed by atoms with van der Waals surface area (Å²) in [7, 11) is 0. The Bertz CT molecular complexity index is 1030. The molecular formula is C25H28N4O2S. The first-order valence-electron chi connectivity index (χ1n) is 11.4. The average molecular weight is 449 g/mol. The lowest BCUT2D eigenvalue weighted by molar-refractivity contribution is -0.148. The van der Waals surface area contributed by atoms with Crippen molar-refractivity contribution in [3.63, 3.8) is 0 Å². The predicted octanol–water partition coefficient (Wildman–Crippen LogP) is 3.78. The van der Waals surface area contributed by atoms with E-state index in [0.717, 1.165) is 50.7 Å². The number of hydrogen-bond acceptors (Lipinski definition) is 6. The fourth-order valence-electron chi connectivity index (χ4n) is 4.60. The van der Waals surface area contributed by atoms with Crippen LogP contribution in [0.4, 0.5) is 5.69 Å². The number of piperidine rings is 1. The van der Waals surface area contributed by atoms with Crippen molar-refractivity contribution in [3.8, 4) is 0 Å². The van der Waals surface area contributed by atoms with Crippen LogP contribution in [0.5, 0.6) is 0 Å². The van der Waals surface area contributed by atoms with Crippen LogP contribution in [0, 0.1) is 0 Å². The van der Waals surface area contributed by atoms with Crippen molar-refractivity contribution in [2.45, 2.75) is 35.5 Å². The molecule has 6 nitrogen and oxygen atoms in total. The predicted molar refractivity (Wildman–Crippen MR) is 126 cm³/mol. The highest BCUT2D eigenvalue weighted by Crippen LogP contribution is 2.40. The Morgan fingerprint density at radius 1 is 0.812 bits per heavy atom. The number of amides is 2. The van der Waals surface area contributed by atoms with Crippen LogP contribution in [-0.2, 0) is 9.59 Å². The fraction of sp³-hybridized carbons (Fsp3) is 0.400. The van der Waals surface area contributed by atoms with Gasteiger partial charge in [0.25, 0.3) is 0 Å². The van der Waals surface area contributed by atoms with E-state index in [1.54, 1.807) is 11.8 Å². The summed E-state index contributed by atoms with van der Waals surface area (Å²) in [5, 5.41) is 0. The lowest BCUT2D eigenvalue weighted by Crippen LogP contribution is -2.49. The highest BCUT2D eigenvalue weighted by Gasteiger charge is 2.27. The van der Waals surface area contributed by atoms with Gasteiger partial charge in [0.1, 0.15) is 5.84 Å². The van der Waals surface area contributed by atoms with Gasteiger partial charge in [-0.3, -0.25) is 19.4 Å². The molecule has 0 spiro atoms. The Hall–Kier alpha value is -2.64. The normalized spacial score (nSPS) is 19.3. The number of fused-ring (bicyclic) bond motifs is 2. The van der Waals surface area contributed by atoms with E-state index < -0.39 is 0 Å². The lowest BCUT2D eigenvalue weighted by Gasteiger charge is -2.37. The number of rotatable bonds is 4. The van der Waals surface area contributed by atoms with Crippen LogP contribution in [0.3, 0.4) is 0 Å². The topological polar surface area (TPSA) is 56.2 Å². The highest BCUT2D eigenvalue weighted by molar-refractivity contribution is 7.99. The van der Waals surface area contributed by atoms with Gasteiger partial charge in [0, 0.05) is 60.9 Å².